The Balaban J connectivity index is 2.32. The monoisotopic (exact) mass is 325 g/mol. The molecule has 0 amide bonds. The van der Waals surface area contributed by atoms with Gasteiger partial charge in [-0.2, -0.15) is 5.10 Å². The van der Waals surface area contributed by atoms with E-state index in [1.54, 1.807) is 38.4 Å². The number of hydrogen-bond donors (Lipinski definition) is 0. The zero-order valence-corrected chi connectivity index (χ0v) is 12.0. The molecule has 0 bridgehead atoms. The van der Waals surface area contributed by atoms with Crippen LogP contribution in [0.1, 0.15) is 17.4 Å². The van der Waals surface area contributed by atoms with Gasteiger partial charge < -0.3 is 9.47 Å². The SMILES string of the molecule is CCOC(=O)c1ccn(-c2cc(OC)cc(Br)n2)n1. The van der Waals surface area contributed by atoms with Crippen molar-refractivity contribution in [1.29, 1.82) is 0 Å². The first-order valence-corrected chi connectivity index (χ1v) is 6.38. The number of aromatic nitrogens is 3. The molecule has 2 heterocycles. The lowest BCUT2D eigenvalue weighted by molar-refractivity contribution is 0.0519. The average Bonchev–Trinajstić information content (AvgIpc) is 2.88. The number of methoxy groups -OCH3 is 1. The van der Waals surface area contributed by atoms with E-state index in [9.17, 15) is 4.79 Å². The lowest BCUT2D eigenvalue weighted by atomic mass is 10.4. The Bertz CT molecular complexity index is 598. The summed E-state index contributed by atoms with van der Waals surface area (Å²) in [4.78, 5) is 15.8. The Morgan fingerprint density at radius 1 is 1.47 bits per heavy atom. The van der Waals surface area contributed by atoms with Crippen molar-refractivity contribution in [1.82, 2.24) is 14.8 Å². The van der Waals surface area contributed by atoms with Gasteiger partial charge in [0.05, 0.1) is 13.7 Å². The van der Waals surface area contributed by atoms with E-state index in [2.05, 4.69) is 26.0 Å². The molecule has 0 spiro atoms. The van der Waals surface area contributed by atoms with Crippen molar-refractivity contribution in [3.8, 4) is 11.6 Å². The number of carbonyl (C=O) groups excluding carboxylic acids is 1. The van der Waals surface area contributed by atoms with Gasteiger partial charge in [0.25, 0.3) is 0 Å². The third-order valence-electron chi connectivity index (χ3n) is 2.30. The first kappa shape index (κ1) is 13.5. The summed E-state index contributed by atoms with van der Waals surface area (Å²) in [7, 11) is 1.57. The standard InChI is InChI=1S/C12H12BrN3O3/c1-3-19-12(17)9-4-5-16(15-9)11-7-8(18-2)6-10(13)14-11/h4-7H,3H2,1-2H3. The molecule has 0 N–H and O–H groups in total. The van der Waals surface area contributed by atoms with Crippen LogP contribution in [0.2, 0.25) is 0 Å². The predicted octanol–water partition coefficient (Wildman–Crippen LogP) is 2.22. The van der Waals surface area contributed by atoms with Crippen molar-refractivity contribution >= 4 is 21.9 Å². The Kier molecular flexibility index (Phi) is 4.16. The zero-order chi connectivity index (χ0) is 13.8. The number of esters is 1. The predicted molar refractivity (Wildman–Crippen MR) is 71.6 cm³/mol. The number of rotatable bonds is 4. The lowest BCUT2D eigenvalue weighted by Gasteiger charge is -2.05. The van der Waals surface area contributed by atoms with Gasteiger partial charge in [0, 0.05) is 18.3 Å². The van der Waals surface area contributed by atoms with Crippen molar-refractivity contribution < 1.29 is 14.3 Å². The van der Waals surface area contributed by atoms with Crippen LogP contribution in [0.5, 0.6) is 5.75 Å². The van der Waals surface area contributed by atoms with Gasteiger partial charge in [-0.3, -0.25) is 0 Å². The molecule has 2 rings (SSSR count). The molecule has 0 radical (unpaired) electrons. The third-order valence-corrected chi connectivity index (χ3v) is 2.70. The van der Waals surface area contributed by atoms with Crippen LogP contribution in [0.15, 0.2) is 29.0 Å². The molecule has 0 saturated carbocycles. The average molecular weight is 326 g/mol. The van der Waals surface area contributed by atoms with Crippen molar-refractivity contribution in [3.63, 3.8) is 0 Å². The fourth-order valence-electron chi connectivity index (χ4n) is 1.46. The van der Waals surface area contributed by atoms with Gasteiger partial charge in [-0.25, -0.2) is 14.5 Å². The molecule has 0 fully saturated rings. The summed E-state index contributed by atoms with van der Waals surface area (Å²) < 4.78 is 12.1. The first-order chi connectivity index (χ1) is 9.13. The maximum absolute atomic E-state index is 11.5. The normalized spacial score (nSPS) is 10.3. The third kappa shape index (κ3) is 3.11. The minimum absolute atomic E-state index is 0.239. The summed E-state index contributed by atoms with van der Waals surface area (Å²) in [6.45, 7) is 2.06. The fraction of sp³-hybridized carbons (Fsp3) is 0.250. The van der Waals surface area contributed by atoms with E-state index in [0.29, 0.717) is 22.8 Å². The summed E-state index contributed by atoms with van der Waals surface area (Å²) in [5.41, 5.74) is 0.239. The van der Waals surface area contributed by atoms with Gasteiger partial charge in [0.15, 0.2) is 11.5 Å². The summed E-state index contributed by atoms with van der Waals surface area (Å²) in [6.07, 6.45) is 1.64. The molecule has 100 valence electrons. The molecule has 0 unspecified atom stereocenters. The molecule has 0 atom stereocenters. The number of nitrogens with zero attached hydrogens (tertiary/aromatic N) is 3. The topological polar surface area (TPSA) is 66.2 Å². The Morgan fingerprint density at radius 3 is 2.95 bits per heavy atom. The largest absolute Gasteiger partial charge is 0.497 e. The van der Waals surface area contributed by atoms with Crippen LogP contribution in [0.25, 0.3) is 5.82 Å². The van der Waals surface area contributed by atoms with Gasteiger partial charge in [-0.05, 0) is 28.9 Å². The summed E-state index contributed by atoms with van der Waals surface area (Å²) >= 11 is 3.29. The molecule has 0 aliphatic carbocycles. The van der Waals surface area contributed by atoms with Crippen LogP contribution < -0.4 is 4.74 Å². The molecule has 0 aliphatic heterocycles. The molecule has 19 heavy (non-hydrogen) atoms. The summed E-state index contributed by atoms with van der Waals surface area (Å²) in [5, 5.41) is 4.12. The maximum atomic E-state index is 11.5. The second-order valence-electron chi connectivity index (χ2n) is 3.55. The highest BCUT2D eigenvalue weighted by molar-refractivity contribution is 9.10. The second-order valence-corrected chi connectivity index (χ2v) is 4.37. The number of pyridine rings is 1. The molecule has 0 aromatic carbocycles. The molecule has 2 aromatic rings. The Labute approximate surface area is 118 Å². The molecule has 0 aliphatic rings. The minimum Gasteiger partial charge on any atom is -0.497 e. The van der Waals surface area contributed by atoms with Crippen LogP contribution in [0, 0.1) is 0 Å². The van der Waals surface area contributed by atoms with Crippen LogP contribution in [-0.2, 0) is 4.74 Å². The molecular formula is C12H12BrN3O3. The highest BCUT2D eigenvalue weighted by Crippen LogP contribution is 2.20. The molecule has 6 nitrogen and oxygen atoms in total. The van der Waals surface area contributed by atoms with Crippen LogP contribution in [0.4, 0.5) is 0 Å². The highest BCUT2D eigenvalue weighted by Gasteiger charge is 2.12. The molecule has 7 heteroatoms. The highest BCUT2D eigenvalue weighted by atomic mass is 79.9. The number of halogens is 1. The Morgan fingerprint density at radius 2 is 2.26 bits per heavy atom. The van der Waals surface area contributed by atoms with Crippen LogP contribution in [0.3, 0.4) is 0 Å². The molecule has 0 saturated heterocycles. The van der Waals surface area contributed by atoms with Gasteiger partial charge in [-0.1, -0.05) is 0 Å². The fourth-order valence-corrected chi connectivity index (χ4v) is 1.87. The van der Waals surface area contributed by atoms with Crippen molar-refractivity contribution in [2.24, 2.45) is 0 Å². The second kappa shape index (κ2) is 5.83. The van der Waals surface area contributed by atoms with Gasteiger partial charge in [0.1, 0.15) is 10.4 Å². The number of hydrogen-bond acceptors (Lipinski definition) is 5. The molecule has 2 aromatic heterocycles. The number of carbonyl (C=O) groups is 1. The van der Waals surface area contributed by atoms with E-state index in [4.69, 9.17) is 9.47 Å². The van der Waals surface area contributed by atoms with E-state index in [0.717, 1.165) is 0 Å². The van der Waals surface area contributed by atoms with E-state index >= 15 is 0 Å². The zero-order valence-electron chi connectivity index (χ0n) is 10.5. The maximum Gasteiger partial charge on any atom is 0.358 e. The van der Waals surface area contributed by atoms with Crippen LogP contribution >= 0.6 is 15.9 Å². The summed E-state index contributed by atoms with van der Waals surface area (Å²) in [5.74, 6) is 0.732. The summed E-state index contributed by atoms with van der Waals surface area (Å²) in [6, 6.07) is 5.03. The van der Waals surface area contributed by atoms with Gasteiger partial charge in [-0.15, -0.1) is 0 Å². The Hall–Kier alpha value is -1.89. The van der Waals surface area contributed by atoms with Crippen molar-refractivity contribution in [2.45, 2.75) is 6.92 Å². The van der Waals surface area contributed by atoms with E-state index in [1.807, 2.05) is 0 Å². The lowest BCUT2D eigenvalue weighted by Crippen LogP contribution is -2.07. The van der Waals surface area contributed by atoms with Gasteiger partial charge in [0.2, 0.25) is 0 Å². The van der Waals surface area contributed by atoms with Crippen molar-refractivity contribution in [3.05, 3.63) is 34.7 Å². The van der Waals surface area contributed by atoms with Crippen LogP contribution in [-0.4, -0.2) is 34.5 Å². The quantitative estimate of drug-likeness (QED) is 0.637. The van der Waals surface area contributed by atoms with E-state index in [1.165, 1.54) is 4.68 Å². The smallest absolute Gasteiger partial charge is 0.358 e. The number of ether oxygens (including phenoxy) is 2. The van der Waals surface area contributed by atoms with E-state index in [-0.39, 0.29) is 5.69 Å². The van der Waals surface area contributed by atoms with Gasteiger partial charge >= 0.3 is 5.97 Å². The molecular weight excluding hydrogens is 314 g/mol. The first-order valence-electron chi connectivity index (χ1n) is 5.58. The van der Waals surface area contributed by atoms with Crippen molar-refractivity contribution in [2.75, 3.05) is 13.7 Å². The van der Waals surface area contributed by atoms with E-state index < -0.39 is 5.97 Å². The minimum atomic E-state index is -0.455.